The van der Waals surface area contributed by atoms with Gasteiger partial charge in [-0.1, -0.05) is 0 Å². The number of likely N-dealkylation sites (tertiary alicyclic amines) is 2. The van der Waals surface area contributed by atoms with Crippen LogP contribution in [-0.4, -0.2) is 113 Å². The summed E-state index contributed by atoms with van der Waals surface area (Å²) in [5.74, 6) is -0.759. The summed E-state index contributed by atoms with van der Waals surface area (Å²) in [5, 5.41) is 18.1. The third kappa shape index (κ3) is 14.9. The smallest absolute Gasteiger partial charge is 0.870 e. The number of carboxylic acids is 1. The van der Waals surface area contributed by atoms with Gasteiger partial charge in [-0.3, -0.25) is 24.0 Å². The Kier molecular flexibility index (Phi) is 23.5. The number of aliphatic hydroxyl groups excluding tert-OH is 1. The van der Waals surface area contributed by atoms with Gasteiger partial charge in [-0.25, -0.2) is 4.79 Å². The van der Waals surface area contributed by atoms with Crippen molar-refractivity contribution in [3.63, 3.8) is 0 Å². The molecule has 0 unspecified atom stereocenters. The SMILES string of the molecule is C1CCOC1.CC(=O)[C@@H]1CCC(=O)N1.CC(=O)[C@@H]1CCC(=O)N1C.CN1C(=O)CC[C@H]1C(=O)O.CO.[Na+].[OH-]. The normalized spacial score (nSPS) is 22.9. The maximum Gasteiger partial charge on any atom is 1.00 e. The van der Waals surface area contributed by atoms with Gasteiger partial charge < -0.3 is 35.5 Å². The van der Waals surface area contributed by atoms with E-state index in [4.69, 9.17) is 14.9 Å². The number of likely N-dealkylation sites (N-methyl/N-ethyl adjacent to an activating group) is 2. The molecule has 214 valence electrons. The number of carboxylic acid groups (broad SMARTS) is 1. The van der Waals surface area contributed by atoms with E-state index in [9.17, 15) is 28.8 Å². The molecule has 0 spiro atoms. The van der Waals surface area contributed by atoms with Gasteiger partial charge >= 0.3 is 35.5 Å². The molecule has 4 fully saturated rings. The van der Waals surface area contributed by atoms with Crippen LogP contribution in [-0.2, 0) is 33.5 Å². The Labute approximate surface area is 246 Å². The average molecular weight is 556 g/mol. The fourth-order valence-electron chi connectivity index (χ4n) is 3.80. The minimum Gasteiger partial charge on any atom is -0.870 e. The van der Waals surface area contributed by atoms with Gasteiger partial charge in [-0.05, 0) is 46.0 Å². The molecule has 4 saturated heterocycles. The van der Waals surface area contributed by atoms with E-state index in [1.54, 1.807) is 7.05 Å². The van der Waals surface area contributed by atoms with E-state index in [0.717, 1.165) is 20.3 Å². The Hall–Kier alpha value is -1.90. The van der Waals surface area contributed by atoms with E-state index in [1.165, 1.54) is 43.5 Å². The van der Waals surface area contributed by atoms with Crippen LogP contribution in [0.15, 0.2) is 0 Å². The second-order valence-corrected chi connectivity index (χ2v) is 8.66. The van der Waals surface area contributed by atoms with Crippen molar-refractivity contribution in [3.8, 4) is 0 Å². The predicted octanol–water partition coefficient (Wildman–Crippen LogP) is -3.03. The second kappa shape index (κ2) is 22.0. The number of carbonyl (C=O) groups is 6. The first-order valence-corrected chi connectivity index (χ1v) is 12.0. The molecule has 0 bridgehead atoms. The van der Waals surface area contributed by atoms with Crippen molar-refractivity contribution in [1.29, 1.82) is 0 Å². The van der Waals surface area contributed by atoms with E-state index >= 15 is 0 Å². The number of amides is 3. The zero-order chi connectivity index (χ0) is 27.8. The molecule has 0 aliphatic carbocycles. The summed E-state index contributed by atoms with van der Waals surface area (Å²) in [5.41, 5.74) is 0. The number of hydrogen-bond donors (Lipinski definition) is 3. The Balaban J connectivity index is -0.000000421. The fraction of sp³-hybridized carbons (Fsp3) is 0.750. The summed E-state index contributed by atoms with van der Waals surface area (Å²) >= 11 is 0. The molecule has 14 heteroatoms. The van der Waals surface area contributed by atoms with E-state index in [-0.39, 0.29) is 76.4 Å². The maximum atomic E-state index is 10.9. The van der Waals surface area contributed by atoms with Crippen molar-refractivity contribution < 1.29 is 78.8 Å². The van der Waals surface area contributed by atoms with Gasteiger partial charge in [0.2, 0.25) is 17.7 Å². The molecule has 0 saturated carbocycles. The molecule has 4 rings (SSSR count). The molecule has 4 heterocycles. The van der Waals surface area contributed by atoms with E-state index < -0.39 is 12.0 Å². The average Bonchev–Trinajstić information content (AvgIpc) is 3.64. The molecule has 4 N–H and O–H groups in total. The van der Waals surface area contributed by atoms with E-state index in [2.05, 4.69) is 5.32 Å². The topological polar surface area (TPSA) is 201 Å². The first-order chi connectivity index (χ1) is 17.0. The Morgan fingerprint density at radius 3 is 1.42 bits per heavy atom. The number of nitrogens with zero attached hydrogens (tertiary/aromatic N) is 2. The number of ketones is 2. The van der Waals surface area contributed by atoms with Crippen LogP contribution in [0.4, 0.5) is 0 Å². The van der Waals surface area contributed by atoms with Crippen molar-refractivity contribution in [2.75, 3.05) is 34.4 Å². The summed E-state index contributed by atoms with van der Waals surface area (Å²) < 4.78 is 4.94. The molecule has 13 nitrogen and oxygen atoms in total. The third-order valence-corrected chi connectivity index (χ3v) is 6.05. The van der Waals surface area contributed by atoms with Crippen LogP contribution in [0.25, 0.3) is 0 Å². The van der Waals surface area contributed by atoms with Crippen molar-refractivity contribution in [2.24, 2.45) is 0 Å². The number of aliphatic carboxylic acids is 1. The molecule has 0 aromatic heterocycles. The first-order valence-electron chi connectivity index (χ1n) is 12.0. The largest absolute Gasteiger partial charge is 1.00 e. The van der Waals surface area contributed by atoms with Crippen molar-refractivity contribution in [2.45, 2.75) is 83.3 Å². The Morgan fingerprint density at radius 1 is 0.816 bits per heavy atom. The monoisotopic (exact) mass is 555 g/mol. The summed E-state index contributed by atoms with van der Waals surface area (Å²) in [4.78, 5) is 66.7. The number of aliphatic hydroxyl groups is 1. The third-order valence-electron chi connectivity index (χ3n) is 6.05. The van der Waals surface area contributed by atoms with Crippen molar-refractivity contribution in [1.82, 2.24) is 15.1 Å². The molecule has 38 heavy (non-hydrogen) atoms. The predicted molar refractivity (Wildman–Crippen MR) is 132 cm³/mol. The van der Waals surface area contributed by atoms with Gasteiger partial charge in [-0.2, -0.15) is 0 Å². The molecular weight excluding hydrogens is 513 g/mol. The Morgan fingerprint density at radius 2 is 1.26 bits per heavy atom. The van der Waals surface area contributed by atoms with E-state index in [0.29, 0.717) is 38.5 Å². The standard InChI is InChI=1S/C7H11NO2.C6H9NO3.C6H9NO2.C4H8O.CH4O.Na.H2O/c1-5(9)6-3-4-7(10)8(6)2;1-7-4(6(9)10)2-3-5(7)8;1-4(8)5-2-3-6(9)7-5;1-2-4-5-3-1;1-2;;/h6H,3-4H2,1-2H3;4H,2-3H2,1H3,(H,9,10);5H,2-3H2,1H3,(H,7,9);1-4H2;2H,1H3;;1H2/q;;;;;+1;/p-1/t6-;4-;5-;;;;/m000..../s1. The molecule has 4 aliphatic heterocycles. The second-order valence-electron chi connectivity index (χ2n) is 8.66. The van der Waals surface area contributed by atoms with Crippen LogP contribution in [0.5, 0.6) is 0 Å². The van der Waals surface area contributed by atoms with Crippen molar-refractivity contribution >= 4 is 35.3 Å². The fourth-order valence-corrected chi connectivity index (χ4v) is 3.80. The number of Topliss-reactive ketones (excluding diaryl/α,β-unsaturated/α-hetero) is 2. The van der Waals surface area contributed by atoms with Gasteiger partial charge in [-0.15, -0.1) is 0 Å². The minimum absolute atomic E-state index is 0. The minimum atomic E-state index is -0.909. The zero-order valence-electron chi connectivity index (χ0n) is 23.4. The van der Waals surface area contributed by atoms with Crippen LogP contribution in [0.2, 0.25) is 0 Å². The number of ether oxygens (including phenoxy) is 1. The van der Waals surface area contributed by atoms with Crippen LogP contribution < -0.4 is 34.9 Å². The molecule has 3 atom stereocenters. The van der Waals surface area contributed by atoms with Gasteiger partial charge in [0.15, 0.2) is 11.6 Å². The number of carbonyl (C=O) groups excluding carboxylic acids is 5. The quantitative estimate of drug-likeness (QED) is 0.301. The number of nitrogens with one attached hydrogen (secondary N) is 1. The molecule has 0 aromatic carbocycles. The summed E-state index contributed by atoms with van der Waals surface area (Å²) in [6, 6.07) is -0.933. The molecule has 4 aliphatic rings. The van der Waals surface area contributed by atoms with Crippen LogP contribution in [0, 0.1) is 0 Å². The van der Waals surface area contributed by atoms with Gasteiger partial charge in [0, 0.05) is 53.7 Å². The van der Waals surface area contributed by atoms with Crippen LogP contribution >= 0.6 is 0 Å². The van der Waals surface area contributed by atoms with Gasteiger partial charge in [0.25, 0.3) is 0 Å². The Bertz CT molecular complexity index is 729. The molecule has 3 amide bonds. The summed E-state index contributed by atoms with van der Waals surface area (Å²) in [6.45, 7) is 5.02. The molecule has 0 radical (unpaired) electrons. The number of rotatable bonds is 3. The summed E-state index contributed by atoms with van der Waals surface area (Å²) in [7, 11) is 4.20. The van der Waals surface area contributed by atoms with Gasteiger partial charge in [0.1, 0.15) is 6.04 Å². The van der Waals surface area contributed by atoms with E-state index in [1.807, 2.05) is 0 Å². The van der Waals surface area contributed by atoms with Crippen LogP contribution in [0.3, 0.4) is 0 Å². The van der Waals surface area contributed by atoms with Gasteiger partial charge in [0.05, 0.1) is 12.1 Å². The first kappa shape index (κ1) is 40.6. The van der Waals surface area contributed by atoms with Crippen molar-refractivity contribution in [3.05, 3.63) is 0 Å². The molecular formula is C24H42N3NaO10. The summed E-state index contributed by atoms with van der Waals surface area (Å²) in [6.07, 6.45) is 5.78. The zero-order valence-corrected chi connectivity index (χ0v) is 25.4. The van der Waals surface area contributed by atoms with Crippen LogP contribution in [0.1, 0.15) is 65.2 Å². The molecule has 0 aromatic rings. The number of hydrogen-bond acceptors (Lipinski definition) is 9. The maximum absolute atomic E-state index is 10.9.